The molecule has 0 atom stereocenters. The van der Waals surface area contributed by atoms with Crippen LogP contribution in [0, 0.1) is 0 Å². The normalized spacial score (nSPS) is 23.7. The van der Waals surface area contributed by atoms with Gasteiger partial charge in [-0.05, 0) is 37.8 Å². The lowest BCUT2D eigenvalue weighted by atomic mass is 9.86. The fraction of sp³-hybridized carbons (Fsp3) is 0.632. The number of urea groups is 1. The number of hydrogen-bond acceptors (Lipinski definition) is 4. The van der Waals surface area contributed by atoms with Gasteiger partial charge in [0, 0.05) is 58.3 Å². The fourth-order valence-electron chi connectivity index (χ4n) is 4.66. The van der Waals surface area contributed by atoms with E-state index < -0.39 is 0 Å². The molecule has 4 heterocycles. The number of likely N-dealkylation sites (tertiary alicyclic amines) is 1. The minimum absolute atomic E-state index is 0.0298. The first-order valence-corrected chi connectivity index (χ1v) is 9.42. The van der Waals surface area contributed by atoms with Crippen molar-refractivity contribution in [1.29, 1.82) is 0 Å². The molecule has 3 aliphatic heterocycles. The Hall–Kier alpha value is -2.15. The topological polar surface area (TPSA) is 66.0 Å². The fourth-order valence-corrected chi connectivity index (χ4v) is 4.66. The first-order valence-electron chi connectivity index (χ1n) is 9.42. The van der Waals surface area contributed by atoms with Gasteiger partial charge in [-0.1, -0.05) is 0 Å². The lowest BCUT2D eigenvalue weighted by Crippen LogP contribution is -2.57. The Morgan fingerprint density at radius 1 is 1.27 bits per heavy atom. The van der Waals surface area contributed by atoms with E-state index in [4.69, 9.17) is 4.74 Å². The highest BCUT2D eigenvalue weighted by Gasteiger charge is 2.52. The molecule has 1 aromatic rings. The highest BCUT2D eigenvalue weighted by Crippen LogP contribution is 2.38. The first kappa shape index (κ1) is 17.3. The van der Waals surface area contributed by atoms with Crippen LogP contribution in [0.25, 0.3) is 0 Å². The predicted octanol–water partition coefficient (Wildman–Crippen LogP) is 1.60. The SMILES string of the molecule is CN1CC2(CCOCC2)N(C2CCN(C(=O)c3cccnc3)CC2)C1=O. The van der Waals surface area contributed by atoms with Crippen LogP contribution in [-0.4, -0.2) is 83.1 Å². The van der Waals surface area contributed by atoms with Crippen LogP contribution in [-0.2, 0) is 4.74 Å². The molecule has 0 saturated carbocycles. The van der Waals surface area contributed by atoms with Crippen molar-refractivity contribution in [3.05, 3.63) is 30.1 Å². The summed E-state index contributed by atoms with van der Waals surface area (Å²) in [6.45, 7) is 3.58. The van der Waals surface area contributed by atoms with E-state index >= 15 is 0 Å². The summed E-state index contributed by atoms with van der Waals surface area (Å²) in [7, 11) is 1.89. The summed E-state index contributed by atoms with van der Waals surface area (Å²) in [5, 5.41) is 0. The summed E-state index contributed by atoms with van der Waals surface area (Å²) < 4.78 is 5.54. The van der Waals surface area contributed by atoms with Gasteiger partial charge in [-0.15, -0.1) is 0 Å². The number of carbonyl (C=O) groups excluding carboxylic acids is 2. The third-order valence-corrected chi connectivity index (χ3v) is 6.02. The quantitative estimate of drug-likeness (QED) is 0.806. The summed E-state index contributed by atoms with van der Waals surface area (Å²) in [5.74, 6) is 0.0298. The van der Waals surface area contributed by atoms with Crippen molar-refractivity contribution in [2.75, 3.05) is 39.9 Å². The van der Waals surface area contributed by atoms with Crippen molar-refractivity contribution >= 4 is 11.9 Å². The van der Waals surface area contributed by atoms with E-state index in [2.05, 4.69) is 9.88 Å². The smallest absolute Gasteiger partial charge is 0.320 e. The number of hydrogen-bond donors (Lipinski definition) is 0. The zero-order valence-corrected chi connectivity index (χ0v) is 15.3. The van der Waals surface area contributed by atoms with Crippen molar-refractivity contribution in [3.63, 3.8) is 0 Å². The van der Waals surface area contributed by atoms with Gasteiger partial charge in [0.05, 0.1) is 11.1 Å². The van der Waals surface area contributed by atoms with E-state index in [1.54, 1.807) is 24.5 Å². The van der Waals surface area contributed by atoms with Crippen LogP contribution in [0.4, 0.5) is 4.79 Å². The van der Waals surface area contributed by atoms with Crippen molar-refractivity contribution in [2.45, 2.75) is 37.3 Å². The molecule has 26 heavy (non-hydrogen) atoms. The van der Waals surface area contributed by atoms with Gasteiger partial charge in [-0.3, -0.25) is 9.78 Å². The summed E-state index contributed by atoms with van der Waals surface area (Å²) in [6, 6.07) is 3.91. The van der Waals surface area contributed by atoms with Crippen LogP contribution in [0.1, 0.15) is 36.0 Å². The van der Waals surface area contributed by atoms with Crippen LogP contribution in [0.3, 0.4) is 0 Å². The molecule has 0 radical (unpaired) electrons. The number of likely N-dealkylation sites (N-methyl/N-ethyl adjacent to an activating group) is 1. The van der Waals surface area contributed by atoms with E-state index in [1.165, 1.54) is 0 Å². The van der Waals surface area contributed by atoms with E-state index in [1.807, 2.05) is 16.8 Å². The van der Waals surface area contributed by atoms with Crippen molar-refractivity contribution in [2.24, 2.45) is 0 Å². The van der Waals surface area contributed by atoms with Crippen LogP contribution in [0.15, 0.2) is 24.5 Å². The molecule has 3 fully saturated rings. The molecule has 3 amide bonds. The largest absolute Gasteiger partial charge is 0.381 e. The minimum atomic E-state index is -0.0930. The number of piperidine rings is 1. The van der Waals surface area contributed by atoms with Gasteiger partial charge < -0.3 is 19.4 Å². The van der Waals surface area contributed by atoms with Crippen LogP contribution < -0.4 is 0 Å². The molecular weight excluding hydrogens is 332 g/mol. The third kappa shape index (κ3) is 2.94. The number of carbonyl (C=O) groups is 2. The number of pyridine rings is 1. The minimum Gasteiger partial charge on any atom is -0.381 e. The van der Waals surface area contributed by atoms with Crippen molar-refractivity contribution in [3.8, 4) is 0 Å². The molecule has 0 unspecified atom stereocenters. The molecule has 4 rings (SSSR count). The average Bonchev–Trinajstić information content (AvgIpc) is 2.92. The second kappa shape index (κ2) is 6.87. The Bertz CT molecular complexity index is 667. The van der Waals surface area contributed by atoms with Gasteiger partial charge in [0.25, 0.3) is 5.91 Å². The summed E-state index contributed by atoms with van der Waals surface area (Å²) >= 11 is 0. The van der Waals surface area contributed by atoms with E-state index in [9.17, 15) is 9.59 Å². The van der Waals surface area contributed by atoms with E-state index in [0.29, 0.717) is 18.7 Å². The molecule has 0 aliphatic carbocycles. The second-order valence-electron chi connectivity index (χ2n) is 7.61. The number of rotatable bonds is 2. The van der Waals surface area contributed by atoms with Gasteiger partial charge in [-0.2, -0.15) is 0 Å². The molecule has 7 nitrogen and oxygen atoms in total. The van der Waals surface area contributed by atoms with Gasteiger partial charge in [0.15, 0.2) is 0 Å². The van der Waals surface area contributed by atoms with Crippen molar-refractivity contribution in [1.82, 2.24) is 19.7 Å². The Morgan fingerprint density at radius 3 is 2.65 bits per heavy atom. The number of ether oxygens (including phenoxy) is 1. The van der Waals surface area contributed by atoms with Gasteiger partial charge in [-0.25, -0.2) is 4.79 Å². The molecule has 1 aromatic heterocycles. The maximum Gasteiger partial charge on any atom is 0.320 e. The number of amides is 3. The van der Waals surface area contributed by atoms with Crippen molar-refractivity contribution < 1.29 is 14.3 Å². The maximum absolute atomic E-state index is 12.8. The van der Waals surface area contributed by atoms with Crippen LogP contribution >= 0.6 is 0 Å². The summed E-state index contributed by atoms with van der Waals surface area (Å²) in [4.78, 5) is 35.3. The molecule has 0 aromatic carbocycles. The first-order chi connectivity index (χ1) is 12.6. The van der Waals surface area contributed by atoms with E-state index in [-0.39, 0.29) is 23.5 Å². The Kier molecular flexibility index (Phi) is 4.56. The standard InChI is InChI=1S/C19H26N4O3/c1-21-14-19(6-11-26-12-7-19)23(18(21)25)16-4-9-22(10-5-16)17(24)15-3-2-8-20-13-15/h2-3,8,13,16H,4-7,9-12,14H2,1H3. The third-order valence-electron chi connectivity index (χ3n) is 6.02. The lowest BCUT2D eigenvalue weighted by Gasteiger charge is -2.46. The Morgan fingerprint density at radius 2 is 2.00 bits per heavy atom. The van der Waals surface area contributed by atoms with Gasteiger partial charge >= 0.3 is 6.03 Å². The number of aromatic nitrogens is 1. The zero-order valence-electron chi connectivity index (χ0n) is 15.3. The molecule has 1 spiro atoms. The lowest BCUT2D eigenvalue weighted by molar-refractivity contribution is -0.0151. The molecule has 140 valence electrons. The molecule has 0 N–H and O–H groups in total. The Balaban J connectivity index is 1.45. The zero-order chi connectivity index (χ0) is 18.1. The highest BCUT2D eigenvalue weighted by atomic mass is 16.5. The molecular formula is C19H26N4O3. The maximum atomic E-state index is 12.8. The molecule has 3 aliphatic rings. The predicted molar refractivity (Wildman–Crippen MR) is 95.8 cm³/mol. The van der Waals surface area contributed by atoms with Crippen LogP contribution in [0.2, 0.25) is 0 Å². The van der Waals surface area contributed by atoms with Gasteiger partial charge in [0.2, 0.25) is 0 Å². The summed E-state index contributed by atoms with van der Waals surface area (Å²) in [5.41, 5.74) is 0.536. The Labute approximate surface area is 153 Å². The van der Waals surface area contributed by atoms with Gasteiger partial charge in [0.1, 0.15) is 0 Å². The van der Waals surface area contributed by atoms with E-state index in [0.717, 1.165) is 45.4 Å². The monoisotopic (exact) mass is 358 g/mol. The second-order valence-corrected chi connectivity index (χ2v) is 7.61. The van der Waals surface area contributed by atoms with Crippen LogP contribution in [0.5, 0.6) is 0 Å². The average molecular weight is 358 g/mol. The summed E-state index contributed by atoms with van der Waals surface area (Å²) in [6.07, 6.45) is 6.74. The highest BCUT2D eigenvalue weighted by molar-refractivity contribution is 5.94. The molecule has 0 bridgehead atoms. The molecule has 7 heteroatoms. The molecule has 3 saturated heterocycles. The number of nitrogens with zero attached hydrogens (tertiary/aromatic N) is 4.